The Labute approximate surface area is 70.7 Å². The molecule has 12 heavy (non-hydrogen) atoms. The Morgan fingerprint density at radius 2 is 2.00 bits per heavy atom. The molecule has 0 saturated heterocycles. The van der Waals surface area contributed by atoms with Crippen LogP contribution in [0.1, 0.15) is 13.8 Å². The van der Waals surface area contributed by atoms with Crippen LogP contribution in [0, 0.1) is 0 Å². The molecule has 0 saturated carbocycles. The predicted molar refractivity (Wildman–Crippen MR) is 44.9 cm³/mol. The molecule has 0 rings (SSSR count). The predicted octanol–water partition coefficient (Wildman–Crippen LogP) is 2.65. The maximum absolute atomic E-state index is 12.6. The molecule has 3 heteroatoms. The molecular formula is C9H12F2O. The highest BCUT2D eigenvalue weighted by Gasteiger charge is 2.06. The van der Waals surface area contributed by atoms with Gasteiger partial charge in [-0.2, -0.15) is 0 Å². The molecule has 0 unspecified atom stereocenters. The average molecular weight is 174 g/mol. The molecule has 0 aliphatic rings. The van der Waals surface area contributed by atoms with Crippen molar-refractivity contribution in [2.75, 3.05) is 0 Å². The van der Waals surface area contributed by atoms with Crippen LogP contribution in [0.5, 0.6) is 0 Å². The van der Waals surface area contributed by atoms with Gasteiger partial charge in [0.2, 0.25) is 0 Å². The molecule has 0 spiro atoms. The van der Waals surface area contributed by atoms with Crippen LogP contribution < -0.4 is 0 Å². The van der Waals surface area contributed by atoms with E-state index in [9.17, 15) is 8.78 Å². The number of aliphatic hydroxyl groups excluding tert-OH is 1. The summed E-state index contributed by atoms with van der Waals surface area (Å²) in [6.07, 6.45) is 0.860. The van der Waals surface area contributed by atoms with Gasteiger partial charge in [0, 0.05) is 5.57 Å². The third-order valence-electron chi connectivity index (χ3n) is 1.34. The molecule has 68 valence electrons. The Bertz CT molecular complexity index is 223. The number of halogens is 2. The van der Waals surface area contributed by atoms with E-state index < -0.39 is 17.8 Å². The summed E-state index contributed by atoms with van der Waals surface area (Å²) in [4.78, 5) is 0. The zero-order valence-corrected chi connectivity index (χ0v) is 7.14. The van der Waals surface area contributed by atoms with Gasteiger partial charge in [-0.15, -0.1) is 0 Å². The van der Waals surface area contributed by atoms with Crippen molar-refractivity contribution >= 4 is 0 Å². The molecule has 1 atom stereocenters. The molecule has 1 nitrogen and oxygen atoms in total. The molecule has 0 heterocycles. The normalized spacial score (nSPS) is 16.9. The zero-order chi connectivity index (χ0) is 9.72. The van der Waals surface area contributed by atoms with Crippen molar-refractivity contribution in [1.82, 2.24) is 0 Å². The van der Waals surface area contributed by atoms with Gasteiger partial charge in [0.05, 0.1) is 6.10 Å². The molecular weight excluding hydrogens is 162 g/mol. The van der Waals surface area contributed by atoms with Crippen LogP contribution in [-0.4, -0.2) is 11.2 Å². The zero-order valence-electron chi connectivity index (χ0n) is 7.14. The summed E-state index contributed by atoms with van der Waals surface area (Å²) in [5, 5.41) is 8.98. The van der Waals surface area contributed by atoms with Crippen LogP contribution in [0.2, 0.25) is 0 Å². The van der Waals surface area contributed by atoms with Crippen molar-refractivity contribution in [3.05, 3.63) is 36.0 Å². The van der Waals surface area contributed by atoms with Crippen LogP contribution in [0.25, 0.3) is 0 Å². The third kappa shape index (κ3) is 3.44. The topological polar surface area (TPSA) is 20.2 Å². The SMILES string of the molecule is C=C/C(F)=C\C(=C(/C)F)[C@@H](C)O. The quantitative estimate of drug-likeness (QED) is 0.652. The second kappa shape index (κ2) is 4.83. The molecule has 0 bridgehead atoms. The monoisotopic (exact) mass is 174 g/mol. The van der Waals surface area contributed by atoms with Crippen LogP contribution in [0.15, 0.2) is 36.0 Å². The van der Waals surface area contributed by atoms with E-state index in [0.29, 0.717) is 0 Å². The van der Waals surface area contributed by atoms with E-state index in [0.717, 1.165) is 19.1 Å². The van der Waals surface area contributed by atoms with Gasteiger partial charge in [0.1, 0.15) is 11.7 Å². The van der Waals surface area contributed by atoms with Gasteiger partial charge in [-0.25, -0.2) is 8.78 Å². The Hall–Kier alpha value is -0.960. The molecule has 0 aliphatic heterocycles. The van der Waals surface area contributed by atoms with Gasteiger partial charge in [0.15, 0.2) is 0 Å². The lowest BCUT2D eigenvalue weighted by atomic mass is 10.1. The molecule has 1 N–H and O–H groups in total. The minimum Gasteiger partial charge on any atom is -0.389 e. The highest BCUT2D eigenvalue weighted by atomic mass is 19.1. The third-order valence-corrected chi connectivity index (χ3v) is 1.34. The smallest absolute Gasteiger partial charge is 0.123 e. The van der Waals surface area contributed by atoms with E-state index in [1.807, 2.05) is 0 Å². The summed E-state index contributed by atoms with van der Waals surface area (Å²) in [6.45, 7) is 5.69. The van der Waals surface area contributed by atoms with Crippen LogP contribution >= 0.6 is 0 Å². The van der Waals surface area contributed by atoms with Gasteiger partial charge in [-0.3, -0.25) is 0 Å². The first-order valence-electron chi connectivity index (χ1n) is 3.53. The Balaban J connectivity index is 4.81. The van der Waals surface area contributed by atoms with Gasteiger partial charge < -0.3 is 5.11 Å². The van der Waals surface area contributed by atoms with Crippen molar-refractivity contribution in [3.8, 4) is 0 Å². The van der Waals surface area contributed by atoms with Crippen molar-refractivity contribution in [1.29, 1.82) is 0 Å². The maximum atomic E-state index is 12.6. The van der Waals surface area contributed by atoms with E-state index in [4.69, 9.17) is 5.11 Å². The number of aliphatic hydroxyl groups is 1. The van der Waals surface area contributed by atoms with Crippen molar-refractivity contribution in [2.45, 2.75) is 20.0 Å². The van der Waals surface area contributed by atoms with Crippen LogP contribution in [-0.2, 0) is 0 Å². The summed E-state index contributed by atoms with van der Waals surface area (Å²) in [5.41, 5.74) is -0.0626. The first-order chi connectivity index (χ1) is 5.49. The van der Waals surface area contributed by atoms with Crippen molar-refractivity contribution in [3.63, 3.8) is 0 Å². The second-order valence-corrected chi connectivity index (χ2v) is 2.40. The van der Waals surface area contributed by atoms with E-state index >= 15 is 0 Å². The van der Waals surface area contributed by atoms with Crippen molar-refractivity contribution in [2.24, 2.45) is 0 Å². The lowest BCUT2D eigenvalue weighted by molar-refractivity contribution is 0.231. The number of hydrogen-bond donors (Lipinski definition) is 1. The maximum Gasteiger partial charge on any atom is 0.123 e. The molecule has 0 aromatic carbocycles. The van der Waals surface area contributed by atoms with E-state index in [1.165, 1.54) is 6.92 Å². The Morgan fingerprint density at radius 3 is 2.25 bits per heavy atom. The van der Waals surface area contributed by atoms with Gasteiger partial charge in [-0.05, 0) is 26.0 Å². The molecule has 0 aliphatic carbocycles. The van der Waals surface area contributed by atoms with E-state index in [2.05, 4.69) is 6.58 Å². The molecule has 0 radical (unpaired) electrons. The van der Waals surface area contributed by atoms with Crippen molar-refractivity contribution < 1.29 is 13.9 Å². The Kier molecular flexibility index (Phi) is 4.44. The fourth-order valence-electron chi connectivity index (χ4n) is 0.715. The van der Waals surface area contributed by atoms with Gasteiger partial charge in [0.25, 0.3) is 0 Å². The minimum atomic E-state index is -1.01. The average Bonchev–Trinajstić information content (AvgIpc) is 1.98. The van der Waals surface area contributed by atoms with E-state index in [1.54, 1.807) is 0 Å². The van der Waals surface area contributed by atoms with Gasteiger partial charge in [-0.1, -0.05) is 6.58 Å². The minimum absolute atomic E-state index is 0.0626. The lowest BCUT2D eigenvalue weighted by Crippen LogP contribution is -2.03. The highest BCUT2D eigenvalue weighted by Crippen LogP contribution is 2.14. The Morgan fingerprint density at radius 1 is 1.50 bits per heavy atom. The summed E-state index contributed by atoms with van der Waals surface area (Å²) in [7, 11) is 0. The van der Waals surface area contributed by atoms with Gasteiger partial charge >= 0.3 is 0 Å². The highest BCUT2D eigenvalue weighted by molar-refractivity contribution is 5.29. The number of rotatable bonds is 3. The molecule has 0 aromatic rings. The van der Waals surface area contributed by atoms with E-state index in [-0.39, 0.29) is 5.57 Å². The molecule has 0 amide bonds. The summed E-state index contributed by atoms with van der Waals surface area (Å²) < 4.78 is 25.1. The largest absolute Gasteiger partial charge is 0.389 e. The second-order valence-electron chi connectivity index (χ2n) is 2.40. The summed E-state index contributed by atoms with van der Waals surface area (Å²) in [5.74, 6) is -1.26. The first-order valence-corrected chi connectivity index (χ1v) is 3.53. The summed E-state index contributed by atoms with van der Waals surface area (Å²) in [6, 6.07) is 0. The lowest BCUT2D eigenvalue weighted by Gasteiger charge is -2.05. The molecule has 0 aromatic heterocycles. The number of hydrogen-bond acceptors (Lipinski definition) is 1. The molecule has 0 fully saturated rings. The number of allylic oxidation sites excluding steroid dienone is 3. The van der Waals surface area contributed by atoms with Crippen LogP contribution in [0.3, 0.4) is 0 Å². The van der Waals surface area contributed by atoms with Crippen LogP contribution in [0.4, 0.5) is 8.78 Å². The summed E-state index contributed by atoms with van der Waals surface area (Å²) >= 11 is 0. The first kappa shape index (κ1) is 11.0. The standard InChI is InChI=1S/C9H12F2O/c1-4-8(11)5-9(6(2)10)7(3)12/h4-5,7,12H,1H2,2-3H3/b8-5+,9-6-/t7-/m1/s1. The fourth-order valence-corrected chi connectivity index (χ4v) is 0.715. The fraction of sp³-hybridized carbons (Fsp3) is 0.333.